The number of Topliss-reactive ketones (excluding diaryl/α,β-unsaturated/α-hetero) is 1. The van der Waals surface area contributed by atoms with Crippen molar-refractivity contribution in [1.29, 1.82) is 0 Å². The molecule has 0 radical (unpaired) electrons. The fraction of sp³-hybridized carbons (Fsp3) is 0.286. The van der Waals surface area contributed by atoms with Gasteiger partial charge in [-0.3, -0.25) is 19.7 Å². The topological polar surface area (TPSA) is 145 Å². The van der Waals surface area contributed by atoms with Gasteiger partial charge in [-0.1, -0.05) is 30.3 Å². The van der Waals surface area contributed by atoms with Crippen LogP contribution < -0.4 is 11.1 Å². The van der Waals surface area contributed by atoms with E-state index < -0.39 is 28.7 Å². The van der Waals surface area contributed by atoms with Crippen molar-refractivity contribution in [2.24, 2.45) is 0 Å². The minimum absolute atomic E-state index is 0.00845. The number of nitro groups is 1. The van der Waals surface area contributed by atoms with Crippen molar-refractivity contribution in [2.45, 2.75) is 25.5 Å². The molecule has 0 spiro atoms. The van der Waals surface area contributed by atoms with Gasteiger partial charge in [-0.15, -0.1) is 0 Å². The van der Waals surface area contributed by atoms with E-state index in [1.54, 1.807) is 12.1 Å². The third kappa shape index (κ3) is 5.35. The standard InChI is InChI=1S/C21H22N4O6/c22-17-9-8-15(25(29)30)11-16(17)20(27)18-7-4-10-24(18)19(26)12-23-21(28)31-13-14-5-2-1-3-6-14/h1-3,5-6,8-9,11,18H,4,7,10,12-13,22H2,(H,23,28). The van der Waals surface area contributed by atoms with E-state index in [-0.39, 0.29) is 30.1 Å². The van der Waals surface area contributed by atoms with Gasteiger partial charge < -0.3 is 20.7 Å². The van der Waals surface area contributed by atoms with Gasteiger partial charge in [0.15, 0.2) is 5.78 Å². The van der Waals surface area contributed by atoms with Crippen molar-refractivity contribution >= 4 is 29.2 Å². The summed E-state index contributed by atoms with van der Waals surface area (Å²) in [5.41, 5.74) is 6.51. The Morgan fingerprint density at radius 2 is 1.94 bits per heavy atom. The number of non-ortho nitro benzene ring substituents is 1. The SMILES string of the molecule is Nc1ccc([N+](=O)[O-])cc1C(=O)C1CCCN1C(=O)CNC(=O)OCc1ccccc1. The second kappa shape index (κ2) is 9.70. The number of nitro benzene ring substituents is 1. The van der Waals surface area contributed by atoms with E-state index in [1.807, 2.05) is 18.2 Å². The molecule has 2 aromatic carbocycles. The first-order valence-electron chi connectivity index (χ1n) is 9.69. The van der Waals surface area contributed by atoms with Crippen molar-refractivity contribution in [2.75, 3.05) is 18.8 Å². The van der Waals surface area contributed by atoms with Crippen LogP contribution in [0.4, 0.5) is 16.2 Å². The molecular formula is C21H22N4O6. The van der Waals surface area contributed by atoms with E-state index in [1.165, 1.54) is 17.0 Å². The molecule has 1 heterocycles. The molecule has 1 unspecified atom stereocenters. The number of nitrogens with zero attached hydrogens (tertiary/aromatic N) is 2. The number of amides is 2. The largest absolute Gasteiger partial charge is 0.445 e. The van der Waals surface area contributed by atoms with Gasteiger partial charge >= 0.3 is 6.09 Å². The number of carbonyl (C=O) groups excluding carboxylic acids is 3. The number of hydrogen-bond acceptors (Lipinski definition) is 7. The van der Waals surface area contributed by atoms with Crippen LogP contribution in [0.25, 0.3) is 0 Å². The Balaban J connectivity index is 1.59. The van der Waals surface area contributed by atoms with Crippen LogP contribution in [-0.2, 0) is 16.1 Å². The van der Waals surface area contributed by atoms with Crippen molar-refractivity contribution in [1.82, 2.24) is 10.2 Å². The van der Waals surface area contributed by atoms with Gasteiger partial charge in [0.1, 0.15) is 13.2 Å². The predicted octanol–water partition coefficient (Wildman–Crippen LogP) is 2.28. The molecule has 1 saturated heterocycles. The molecule has 1 atom stereocenters. The van der Waals surface area contributed by atoms with Crippen LogP contribution in [0.2, 0.25) is 0 Å². The molecule has 162 valence electrons. The zero-order valence-electron chi connectivity index (χ0n) is 16.7. The fourth-order valence-electron chi connectivity index (χ4n) is 3.41. The number of anilines is 1. The third-order valence-corrected chi connectivity index (χ3v) is 4.99. The van der Waals surface area contributed by atoms with Crippen LogP contribution in [0.5, 0.6) is 0 Å². The average molecular weight is 426 g/mol. The third-order valence-electron chi connectivity index (χ3n) is 4.99. The number of nitrogens with two attached hydrogens (primary N) is 1. The summed E-state index contributed by atoms with van der Waals surface area (Å²) in [5, 5.41) is 13.4. The highest BCUT2D eigenvalue weighted by Gasteiger charge is 2.35. The van der Waals surface area contributed by atoms with Crippen LogP contribution in [0.3, 0.4) is 0 Å². The van der Waals surface area contributed by atoms with Gasteiger partial charge in [0.2, 0.25) is 5.91 Å². The first-order chi connectivity index (χ1) is 14.9. The Labute approximate surface area is 178 Å². The van der Waals surface area contributed by atoms with Gasteiger partial charge in [-0.05, 0) is 24.5 Å². The zero-order chi connectivity index (χ0) is 22.4. The second-order valence-electron chi connectivity index (χ2n) is 7.05. The number of benzene rings is 2. The van der Waals surface area contributed by atoms with Crippen LogP contribution in [0, 0.1) is 10.1 Å². The lowest BCUT2D eigenvalue weighted by molar-refractivity contribution is -0.384. The molecule has 0 saturated carbocycles. The van der Waals surface area contributed by atoms with Crippen molar-refractivity contribution < 1.29 is 24.0 Å². The van der Waals surface area contributed by atoms with Crippen LogP contribution in [0.15, 0.2) is 48.5 Å². The first-order valence-corrected chi connectivity index (χ1v) is 9.69. The molecule has 31 heavy (non-hydrogen) atoms. The number of ketones is 1. The Morgan fingerprint density at radius 3 is 2.65 bits per heavy atom. The maximum Gasteiger partial charge on any atom is 0.407 e. The number of rotatable bonds is 7. The molecule has 1 aliphatic rings. The number of nitrogen functional groups attached to an aromatic ring is 1. The molecule has 2 aromatic rings. The highest BCUT2D eigenvalue weighted by atomic mass is 16.6. The fourth-order valence-corrected chi connectivity index (χ4v) is 3.41. The number of hydrogen-bond donors (Lipinski definition) is 2. The maximum atomic E-state index is 12.9. The summed E-state index contributed by atoms with van der Waals surface area (Å²) < 4.78 is 5.07. The monoisotopic (exact) mass is 426 g/mol. The average Bonchev–Trinajstić information content (AvgIpc) is 3.26. The molecule has 3 rings (SSSR count). The molecular weight excluding hydrogens is 404 g/mol. The molecule has 3 N–H and O–H groups in total. The Kier molecular flexibility index (Phi) is 6.81. The second-order valence-corrected chi connectivity index (χ2v) is 7.05. The lowest BCUT2D eigenvalue weighted by atomic mass is 10.00. The minimum atomic E-state index is -0.793. The van der Waals surface area contributed by atoms with Crippen LogP contribution in [-0.4, -0.2) is 46.7 Å². The van der Waals surface area contributed by atoms with E-state index in [4.69, 9.17) is 10.5 Å². The molecule has 1 aliphatic heterocycles. The van der Waals surface area contributed by atoms with Crippen LogP contribution in [0.1, 0.15) is 28.8 Å². The lowest BCUT2D eigenvalue weighted by Gasteiger charge is -2.24. The summed E-state index contributed by atoms with van der Waals surface area (Å²) >= 11 is 0. The summed E-state index contributed by atoms with van der Waals surface area (Å²) in [7, 11) is 0. The van der Waals surface area contributed by atoms with Gasteiger partial charge in [-0.2, -0.15) is 0 Å². The number of nitrogens with one attached hydrogen (secondary N) is 1. The Hall–Kier alpha value is -3.95. The van der Waals surface area contributed by atoms with E-state index in [0.29, 0.717) is 19.4 Å². The molecule has 1 fully saturated rings. The molecule has 2 amide bonds. The molecule has 0 bridgehead atoms. The number of likely N-dealkylation sites (tertiary alicyclic amines) is 1. The van der Waals surface area contributed by atoms with Gasteiger partial charge in [0, 0.05) is 29.9 Å². The summed E-state index contributed by atoms with van der Waals surface area (Å²) in [6, 6.07) is 11.9. The predicted molar refractivity (Wildman–Crippen MR) is 111 cm³/mol. The Bertz CT molecular complexity index is 995. The molecule has 10 heteroatoms. The highest BCUT2D eigenvalue weighted by molar-refractivity contribution is 6.06. The maximum absolute atomic E-state index is 12.9. The van der Waals surface area contributed by atoms with E-state index in [9.17, 15) is 24.5 Å². The van der Waals surface area contributed by atoms with Crippen LogP contribution >= 0.6 is 0 Å². The minimum Gasteiger partial charge on any atom is -0.445 e. The highest BCUT2D eigenvalue weighted by Crippen LogP contribution is 2.26. The quantitative estimate of drug-likeness (QED) is 0.299. The number of carbonyl (C=O) groups is 3. The van der Waals surface area contributed by atoms with Gasteiger partial charge in [0.05, 0.1) is 11.0 Å². The molecule has 10 nitrogen and oxygen atoms in total. The zero-order valence-corrected chi connectivity index (χ0v) is 16.7. The van der Waals surface area contributed by atoms with E-state index in [0.717, 1.165) is 11.6 Å². The van der Waals surface area contributed by atoms with E-state index in [2.05, 4.69) is 5.32 Å². The molecule has 0 aromatic heterocycles. The van der Waals surface area contributed by atoms with Gasteiger partial charge in [0.25, 0.3) is 5.69 Å². The van der Waals surface area contributed by atoms with Crippen molar-refractivity contribution in [3.63, 3.8) is 0 Å². The number of ether oxygens (including phenoxy) is 1. The van der Waals surface area contributed by atoms with Crippen molar-refractivity contribution in [3.05, 3.63) is 69.8 Å². The Morgan fingerprint density at radius 1 is 1.19 bits per heavy atom. The summed E-state index contributed by atoms with van der Waals surface area (Å²) in [5.74, 6) is -0.907. The lowest BCUT2D eigenvalue weighted by Crippen LogP contribution is -2.45. The summed E-state index contributed by atoms with van der Waals surface area (Å²) in [4.78, 5) is 49.2. The normalized spacial score (nSPS) is 15.4. The van der Waals surface area contributed by atoms with E-state index >= 15 is 0 Å². The number of alkyl carbamates (subject to hydrolysis) is 1. The summed E-state index contributed by atoms with van der Waals surface area (Å²) in [6.45, 7) is 0.0738. The smallest absolute Gasteiger partial charge is 0.407 e. The molecule has 0 aliphatic carbocycles. The summed E-state index contributed by atoms with van der Waals surface area (Å²) in [6.07, 6.45) is 0.253. The van der Waals surface area contributed by atoms with Crippen molar-refractivity contribution in [3.8, 4) is 0 Å². The van der Waals surface area contributed by atoms with Gasteiger partial charge in [-0.25, -0.2) is 4.79 Å². The first kappa shape index (κ1) is 21.8.